The first-order valence-electron chi connectivity index (χ1n) is 11.8. The van der Waals surface area contributed by atoms with Crippen LogP contribution in [0.5, 0.6) is 0 Å². The van der Waals surface area contributed by atoms with Crippen molar-refractivity contribution in [1.29, 1.82) is 5.26 Å². The van der Waals surface area contributed by atoms with Gasteiger partial charge in [0, 0.05) is 42.5 Å². The van der Waals surface area contributed by atoms with Crippen molar-refractivity contribution in [3.63, 3.8) is 0 Å². The van der Waals surface area contributed by atoms with Crippen molar-refractivity contribution in [1.82, 2.24) is 9.88 Å². The molecule has 7 heteroatoms. The lowest BCUT2D eigenvalue weighted by Gasteiger charge is -2.41. The van der Waals surface area contributed by atoms with Crippen LogP contribution in [0.4, 0.5) is 5.82 Å². The molecule has 168 valence electrons. The Balaban J connectivity index is 1.46. The quantitative estimate of drug-likeness (QED) is 0.689. The van der Waals surface area contributed by atoms with Crippen molar-refractivity contribution in [2.45, 2.75) is 64.0 Å². The standard InChI is InChI=1S/C25H30N4O2S/c1-17-14-28(9-10-29(17)25(30)19-8-12-32-16-19)24-21(13-26)20-7-11-31-15-22(20)23(27-24)18-5-3-2-4-6-18/h8,12,16-18H,2-7,9-11,14-15H2,1H3. The highest BCUT2D eigenvalue weighted by molar-refractivity contribution is 7.08. The zero-order valence-corrected chi connectivity index (χ0v) is 19.5. The molecule has 0 aromatic carbocycles. The number of nitriles is 1. The molecule has 2 fully saturated rings. The fourth-order valence-electron chi connectivity index (χ4n) is 5.53. The summed E-state index contributed by atoms with van der Waals surface area (Å²) in [7, 11) is 0. The van der Waals surface area contributed by atoms with E-state index in [1.807, 2.05) is 21.7 Å². The number of pyridine rings is 1. The second kappa shape index (κ2) is 9.21. The zero-order chi connectivity index (χ0) is 22.1. The van der Waals surface area contributed by atoms with Crippen LogP contribution in [0.2, 0.25) is 0 Å². The van der Waals surface area contributed by atoms with Gasteiger partial charge in [-0.1, -0.05) is 19.3 Å². The largest absolute Gasteiger partial charge is 0.376 e. The molecule has 1 amide bonds. The van der Waals surface area contributed by atoms with Gasteiger partial charge in [-0.25, -0.2) is 4.98 Å². The summed E-state index contributed by atoms with van der Waals surface area (Å²) in [6.07, 6.45) is 6.92. The molecular formula is C25H30N4O2S. The minimum atomic E-state index is 0.0574. The first-order chi connectivity index (χ1) is 15.7. The highest BCUT2D eigenvalue weighted by atomic mass is 32.1. The molecule has 1 saturated heterocycles. The average molecular weight is 451 g/mol. The highest BCUT2D eigenvalue weighted by Crippen LogP contribution is 2.39. The van der Waals surface area contributed by atoms with Crippen molar-refractivity contribution in [2.24, 2.45) is 0 Å². The normalized spacial score (nSPS) is 21.8. The summed E-state index contributed by atoms with van der Waals surface area (Å²) in [4.78, 5) is 22.3. The van der Waals surface area contributed by atoms with E-state index in [4.69, 9.17) is 9.72 Å². The third-order valence-corrected chi connectivity index (χ3v) is 7.91. The van der Waals surface area contributed by atoms with Crippen LogP contribution in [0.1, 0.15) is 77.7 Å². The molecule has 3 aliphatic rings. The number of nitrogens with zero attached hydrogens (tertiary/aromatic N) is 4. The summed E-state index contributed by atoms with van der Waals surface area (Å²) in [5.74, 6) is 1.38. The molecule has 2 aromatic heterocycles. The summed E-state index contributed by atoms with van der Waals surface area (Å²) in [6.45, 7) is 5.35. The van der Waals surface area contributed by atoms with Gasteiger partial charge >= 0.3 is 0 Å². The molecule has 5 rings (SSSR count). The van der Waals surface area contributed by atoms with Gasteiger partial charge in [0.15, 0.2) is 0 Å². The Morgan fingerprint density at radius 1 is 1.25 bits per heavy atom. The summed E-state index contributed by atoms with van der Waals surface area (Å²) in [5, 5.41) is 14.0. The number of piperazine rings is 1. The van der Waals surface area contributed by atoms with Crippen molar-refractivity contribution in [3.8, 4) is 6.07 Å². The minimum absolute atomic E-state index is 0.0574. The third-order valence-electron chi connectivity index (χ3n) is 7.23. The van der Waals surface area contributed by atoms with Gasteiger partial charge in [-0.15, -0.1) is 0 Å². The van der Waals surface area contributed by atoms with Crippen LogP contribution in [0.15, 0.2) is 16.8 Å². The molecule has 2 aromatic rings. The van der Waals surface area contributed by atoms with E-state index in [1.165, 1.54) is 37.7 Å². The summed E-state index contributed by atoms with van der Waals surface area (Å²) < 4.78 is 5.80. The summed E-state index contributed by atoms with van der Waals surface area (Å²) in [6, 6.07) is 4.43. The van der Waals surface area contributed by atoms with E-state index >= 15 is 0 Å². The van der Waals surface area contributed by atoms with Gasteiger partial charge < -0.3 is 14.5 Å². The number of carbonyl (C=O) groups is 1. The number of fused-ring (bicyclic) bond motifs is 1. The van der Waals surface area contributed by atoms with Gasteiger partial charge in [-0.2, -0.15) is 16.6 Å². The van der Waals surface area contributed by atoms with E-state index in [1.54, 1.807) is 11.3 Å². The third kappa shape index (κ3) is 3.91. The average Bonchev–Trinajstić information content (AvgIpc) is 3.38. The molecule has 32 heavy (non-hydrogen) atoms. The van der Waals surface area contributed by atoms with E-state index in [0.29, 0.717) is 44.3 Å². The maximum absolute atomic E-state index is 12.9. The van der Waals surface area contributed by atoms with Gasteiger partial charge in [0.1, 0.15) is 11.9 Å². The minimum Gasteiger partial charge on any atom is -0.376 e. The molecule has 1 saturated carbocycles. The maximum atomic E-state index is 12.9. The molecule has 1 atom stereocenters. The topological polar surface area (TPSA) is 69.5 Å². The van der Waals surface area contributed by atoms with Gasteiger partial charge in [-0.3, -0.25) is 4.79 Å². The fourth-order valence-corrected chi connectivity index (χ4v) is 6.16. The Hall–Kier alpha value is -2.43. The number of hydrogen-bond acceptors (Lipinski definition) is 6. The van der Waals surface area contributed by atoms with Crippen LogP contribution in [0.25, 0.3) is 0 Å². The van der Waals surface area contributed by atoms with Gasteiger partial charge in [0.25, 0.3) is 5.91 Å². The lowest BCUT2D eigenvalue weighted by atomic mass is 9.82. The molecule has 0 radical (unpaired) electrons. The lowest BCUT2D eigenvalue weighted by Crippen LogP contribution is -2.54. The van der Waals surface area contributed by atoms with E-state index in [-0.39, 0.29) is 11.9 Å². The predicted molar refractivity (Wildman–Crippen MR) is 125 cm³/mol. The number of amides is 1. The van der Waals surface area contributed by atoms with Crippen LogP contribution >= 0.6 is 11.3 Å². The Bertz CT molecular complexity index is 1020. The zero-order valence-electron chi connectivity index (χ0n) is 18.7. The molecular weight excluding hydrogens is 420 g/mol. The number of aromatic nitrogens is 1. The van der Waals surface area contributed by atoms with Crippen molar-refractivity contribution in [3.05, 3.63) is 44.8 Å². The number of carbonyl (C=O) groups excluding carboxylic acids is 1. The van der Waals surface area contributed by atoms with Crippen molar-refractivity contribution in [2.75, 3.05) is 31.1 Å². The number of anilines is 1. The van der Waals surface area contributed by atoms with E-state index in [0.717, 1.165) is 29.1 Å². The molecule has 2 aliphatic heterocycles. The van der Waals surface area contributed by atoms with Crippen molar-refractivity contribution < 1.29 is 9.53 Å². The Morgan fingerprint density at radius 2 is 2.09 bits per heavy atom. The van der Waals surface area contributed by atoms with Crippen molar-refractivity contribution >= 4 is 23.1 Å². The molecule has 6 nitrogen and oxygen atoms in total. The molecule has 4 heterocycles. The number of rotatable bonds is 3. The Morgan fingerprint density at radius 3 is 2.81 bits per heavy atom. The molecule has 0 N–H and O–H groups in total. The van der Waals surface area contributed by atoms with Crippen LogP contribution in [-0.4, -0.2) is 48.1 Å². The second-order valence-corrected chi connectivity index (χ2v) is 9.99. The second-order valence-electron chi connectivity index (χ2n) is 9.21. The highest BCUT2D eigenvalue weighted by Gasteiger charge is 2.33. The number of hydrogen-bond donors (Lipinski definition) is 0. The van der Waals surface area contributed by atoms with E-state index in [2.05, 4.69) is 17.9 Å². The first kappa shape index (κ1) is 21.4. The van der Waals surface area contributed by atoms with Crippen LogP contribution in [0, 0.1) is 11.3 Å². The molecule has 1 unspecified atom stereocenters. The molecule has 1 aliphatic carbocycles. The summed E-state index contributed by atoms with van der Waals surface area (Å²) >= 11 is 1.55. The van der Waals surface area contributed by atoms with Gasteiger partial charge in [0.05, 0.1) is 30.0 Å². The van der Waals surface area contributed by atoms with Gasteiger partial charge in [0.2, 0.25) is 0 Å². The van der Waals surface area contributed by atoms with E-state index < -0.39 is 0 Å². The summed E-state index contributed by atoms with van der Waals surface area (Å²) in [5.41, 5.74) is 4.96. The lowest BCUT2D eigenvalue weighted by molar-refractivity contribution is 0.0674. The fraction of sp³-hybridized carbons (Fsp3) is 0.560. The number of thiophene rings is 1. The monoisotopic (exact) mass is 450 g/mol. The number of ether oxygens (including phenoxy) is 1. The van der Waals surface area contributed by atoms with Gasteiger partial charge in [-0.05, 0) is 43.2 Å². The Kier molecular flexibility index (Phi) is 6.16. The molecule has 0 bridgehead atoms. The van der Waals surface area contributed by atoms with Crippen LogP contribution < -0.4 is 4.90 Å². The van der Waals surface area contributed by atoms with Crippen LogP contribution in [0.3, 0.4) is 0 Å². The SMILES string of the molecule is CC1CN(c2nc(C3CCCCC3)c3c(c2C#N)CCOC3)CCN1C(=O)c1ccsc1. The predicted octanol–water partition coefficient (Wildman–Crippen LogP) is 4.49. The maximum Gasteiger partial charge on any atom is 0.255 e. The first-order valence-corrected chi connectivity index (χ1v) is 12.7. The molecule has 0 spiro atoms. The Labute approximate surface area is 193 Å². The smallest absolute Gasteiger partial charge is 0.255 e. The van der Waals surface area contributed by atoms with Crippen LogP contribution in [-0.2, 0) is 17.8 Å². The van der Waals surface area contributed by atoms with E-state index in [9.17, 15) is 10.1 Å².